The van der Waals surface area contributed by atoms with Gasteiger partial charge in [0.15, 0.2) is 6.29 Å². The molecule has 0 spiro atoms. The molecule has 2 rings (SSSR count). The summed E-state index contributed by atoms with van der Waals surface area (Å²) in [6.45, 7) is 0. The molecule has 0 radical (unpaired) electrons. The minimum absolute atomic E-state index is 0.695. The molecule has 0 fully saturated rings. The summed E-state index contributed by atoms with van der Waals surface area (Å²) < 4.78 is 0. The summed E-state index contributed by atoms with van der Waals surface area (Å²) in [5, 5.41) is 1.87. The van der Waals surface area contributed by atoms with Crippen molar-refractivity contribution in [1.82, 2.24) is 9.97 Å². The third-order valence-electron chi connectivity index (χ3n) is 1.64. The van der Waals surface area contributed by atoms with E-state index in [0.717, 1.165) is 17.5 Å². The Labute approximate surface area is 79.1 Å². The van der Waals surface area contributed by atoms with Crippen LogP contribution < -0.4 is 0 Å². The van der Waals surface area contributed by atoms with Crippen LogP contribution in [-0.2, 0) is 0 Å². The van der Waals surface area contributed by atoms with Crippen LogP contribution in [0.25, 0.3) is 11.3 Å². The molecule has 0 aliphatic carbocycles. The van der Waals surface area contributed by atoms with Gasteiger partial charge < -0.3 is 0 Å². The number of aromatic nitrogens is 2. The van der Waals surface area contributed by atoms with Crippen molar-refractivity contribution in [2.75, 3.05) is 0 Å². The molecule has 0 N–H and O–H groups in total. The van der Waals surface area contributed by atoms with Gasteiger partial charge in [0, 0.05) is 18.0 Å². The zero-order chi connectivity index (χ0) is 9.10. The fourth-order valence-electron chi connectivity index (χ4n) is 1.06. The van der Waals surface area contributed by atoms with Crippen LogP contribution in [0.2, 0.25) is 0 Å². The van der Waals surface area contributed by atoms with Gasteiger partial charge in [0.1, 0.15) is 0 Å². The summed E-state index contributed by atoms with van der Waals surface area (Å²) in [4.78, 5) is 19.4. The van der Waals surface area contributed by atoms with E-state index in [-0.39, 0.29) is 0 Å². The van der Waals surface area contributed by atoms with Gasteiger partial charge in [-0.1, -0.05) is 0 Å². The lowest BCUT2D eigenvalue weighted by Crippen LogP contribution is -1.85. The number of carbonyl (C=O) groups excluding carboxylic acids is 1. The van der Waals surface area contributed by atoms with Gasteiger partial charge in [-0.15, -0.1) is 11.3 Å². The maximum Gasteiger partial charge on any atom is 0.160 e. The Morgan fingerprint density at radius 2 is 2.31 bits per heavy atom. The van der Waals surface area contributed by atoms with Gasteiger partial charge in [-0.3, -0.25) is 14.8 Å². The van der Waals surface area contributed by atoms with Gasteiger partial charge in [0.2, 0.25) is 0 Å². The highest BCUT2D eigenvalue weighted by atomic mass is 32.1. The molecular weight excluding hydrogens is 184 g/mol. The first kappa shape index (κ1) is 8.07. The van der Waals surface area contributed by atoms with Crippen LogP contribution in [0.15, 0.2) is 30.0 Å². The first-order valence-corrected chi connectivity index (χ1v) is 4.59. The second kappa shape index (κ2) is 3.45. The maximum absolute atomic E-state index is 10.6. The first-order valence-electron chi connectivity index (χ1n) is 3.71. The van der Waals surface area contributed by atoms with Crippen LogP contribution in [0.3, 0.4) is 0 Å². The molecule has 2 aromatic heterocycles. The van der Waals surface area contributed by atoms with E-state index >= 15 is 0 Å². The molecule has 0 saturated heterocycles. The highest BCUT2D eigenvalue weighted by molar-refractivity contribution is 7.12. The second-order valence-electron chi connectivity index (χ2n) is 2.41. The monoisotopic (exact) mass is 190 g/mol. The predicted molar refractivity (Wildman–Crippen MR) is 50.7 cm³/mol. The van der Waals surface area contributed by atoms with Gasteiger partial charge in [0.05, 0.1) is 16.8 Å². The smallest absolute Gasteiger partial charge is 0.160 e. The van der Waals surface area contributed by atoms with Crippen molar-refractivity contribution in [2.24, 2.45) is 0 Å². The summed E-state index contributed by atoms with van der Waals surface area (Å²) in [7, 11) is 0. The Morgan fingerprint density at radius 1 is 1.38 bits per heavy atom. The SMILES string of the molecule is O=Cc1sccc1-c1cnccn1. The van der Waals surface area contributed by atoms with Crippen molar-refractivity contribution in [3.63, 3.8) is 0 Å². The standard InChI is InChI=1S/C9H6N2OS/c12-6-9-7(1-4-13-9)8-5-10-2-3-11-8/h1-6H. The Hall–Kier alpha value is -1.55. The molecule has 0 unspecified atom stereocenters. The van der Waals surface area contributed by atoms with Crippen LogP contribution in [0.1, 0.15) is 9.67 Å². The first-order chi connectivity index (χ1) is 6.42. The highest BCUT2D eigenvalue weighted by Crippen LogP contribution is 2.24. The number of rotatable bonds is 2. The van der Waals surface area contributed by atoms with E-state index in [1.165, 1.54) is 11.3 Å². The second-order valence-corrected chi connectivity index (χ2v) is 3.35. The fraction of sp³-hybridized carbons (Fsp3) is 0. The van der Waals surface area contributed by atoms with E-state index < -0.39 is 0 Å². The third-order valence-corrected chi connectivity index (χ3v) is 2.48. The van der Waals surface area contributed by atoms with E-state index in [0.29, 0.717) is 4.88 Å². The van der Waals surface area contributed by atoms with Crippen LogP contribution in [0.5, 0.6) is 0 Å². The normalized spacial score (nSPS) is 9.85. The third kappa shape index (κ3) is 1.48. The molecule has 0 saturated carbocycles. The summed E-state index contributed by atoms with van der Waals surface area (Å²) in [6, 6.07) is 1.87. The average molecular weight is 190 g/mol. The molecule has 0 atom stereocenters. The van der Waals surface area contributed by atoms with Crippen LogP contribution >= 0.6 is 11.3 Å². The fourth-order valence-corrected chi connectivity index (χ4v) is 1.77. The highest BCUT2D eigenvalue weighted by Gasteiger charge is 2.05. The Balaban J connectivity index is 2.52. The molecule has 0 aliphatic rings. The molecule has 2 aromatic rings. The molecule has 13 heavy (non-hydrogen) atoms. The van der Waals surface area contributed by atoms with E-state index in [1.54, 1.807) is 18.6 Å². The molecule has 4 heteroatoms. The molecule has 3 nitrogen and oxygen atoms in total. The number of hydrogen-bond donors (Lipinski definition) is 0. The molecule has 0 bridgehead atoms. The zero-order valence-electron chi connectivity index (χ0n) is 6.68. The number of thiophene rings is 1. The number of hydrogen-bond acceptors (Lipinski definition) is 4. The van der Waals surface area contributed by atoms with Crippen molar-refractivity contribution < 1.29 is 4.79 Å². The number of nitrogens with zero attached hydrogens (tertiary/aromatic N) is 2. The predicted octanol–water partition coefficient (Wildman–Crippen LogP) is 2.02. The molecule has 0 amide bonds. The quantitative estimate of drug-likeness (QED) is 0.680. The van der Waals surface area contributed by atoms with Crippen LogP contribution in [-0.4, -0.2) is 16.3 Å². The lowest BCUT2D eigenvalue weighted by atomic mass is 10.2. The average Bonchev–Trinajstić information content (AvgIpc) is 2.67. The van der Waals surface area contributed by atoms with Crippen molar-refractivity contribution in [3.05, 3.63) is 34.9 Å². The van der Waals surface area contributed by atoms with Gasteiger partial charge in [0.25, 0.3) is 0 Å². The minimum Gasteiger partial charge on any atom is -0.297 e. The lowest BCUT2D eigenvalue weighted by Gasteiger charge is -1.95. The topological polar surface area (TPSA) is 42.9 Å². The molecule has 0 aliphatic heterocycles. The summed E-state index contributed by atoms with van der Waals surface area (Å²) in [5.41, 5.74) is 1.60. The van der Waals surface area contributed by atoms with E-state index in [1.807, 2.05) is 11.4 Å². The Morgan fingerprint density at radius 3 is 3.00 bits per heavy atom. The van der Waals surface area contributed by atoms with E-state index in [9.17, 15) is 4.79 Å². The Bertz CT molecular complexity index is 411. The lowest BCUT2D eigenvalue weighted by molar-refractivity contribution is 0.112. The van der Waals surface area contributed by atoms with Gasteiger partial charge in [-0.05, 0) is 11.4 Å². The summed E-state index contributed by atoms with van der Waals surface area (Å²) in [6.07, 6.45) is 5.71. The van der Waals surface area contributed by atoms with Crippen LogP contribution in [0, 0.1) is 0 Å². The van der Waals surface area contributed by atoms with E-state index in [2.05, 4.69) is 9.97 Å². The number of aldehydes is 1. The van der Waals surface area contributed by atoms with Crippen molar-refractivity contribution >= 4 is 17.6 Å². The molecule has 0 aromatic carbocycles. The largest absolute Gasteiger partial charge is 0.297 e. The molecule has 2 heterocycles. The van der Waals surface area contributed by atoms with Gasteiger partial charge in [-0.2, -0.15) is 0 Å². The minimum atomic E-state index is 0.695. The summed E-state index contributed by atoms with van der Waals surface area (Å²) in [5.74, 6) is 0. The zero-order valence-corrected chi connectivity index (χ0v) is 7.49. The van der Waals surface area contributed by atoms with Gasteiger partial charge in [-0.25, -0.2) is 0 Å². The number of carbonyl (C=O) groups is 1. The summed E-state index contributed by atoms with van der Waals surface area (Å²) >= 11 is 1.41. The molecular formula is C9H6N2OS. The van der Waals surface area contributed by atoms with Crippen molar-refractivity contribution in [1.29, 1.82) is 0 Å². The maximum atomic E-state index is 10.6. The van der Waals surface area contributed by atoms with Crippen molar-refractivity contribution in [3.8, 4) is 11.3 Å². The van der Waals surface area contributed by atoms with Crippen molar-refractivity contribution in [2.45, 2.75) is 0 Å². The Kier molecular flexibility index (Phi) is 2.14. The van der Waals surface area contributed by atoms with E-state index in [4.69, 9.17) is 0 Å². The van der Waals surface area contributed by atoms with Crippen LogP contribution in [0.4, 0.5) is 0 Å². The van der Waals surface area contributed by atoms with Gasteiger partial charge >= 0.3 is 0 Å². The molecule has 64 valence electrons.